The summed E-state index contributed by atoms with van der Waals surface area (Å²) in [5.41, 5.74) is 0. The molecule has 0 aliphatic rings. The van der Waals surface area contributed by atoms with E-state index in [0.29, 0.717) is 0 Å². The van der Waals surface area contributed by atoms with E-state index in [1.807, 2.05) is 0 Å². The molecule has 0 fully saturated rings. The van der Waals surface area contributed by atoms with Gasteiger partial charge in [-0.25, -0.2) is 0 Å². The molecule has 0 saturated heterocycles. The van der Waals surface area contributed by atoms with Crippen LogP contribution in [0, 0.1) is 0 Å². The predicted molar refractivity (Wildman–Crippen MR) is 21.7 cm³/mol. The first-order valence-corrected chi connectivity index (χ1v) is 0. The van der Waals surface area contributed by atoms with Gasteiger partial charge < -0.3 is 13.5 Å². The van der Waals surface area contributed by atoms with Gasteiger partial charge in [-0.2, -0.15) is 0 Å². The van der Waals surface area contributed by atoms with Crippen molar-refractivity contribution in [2.24, 2.45) is 0 Å². The Labute approximate surface area is 169 Å². The second-order valence-electron chi connectivity index (χ2n) is 0. The molecule has 0 aromatic rings. The normalized spacial score (nSPS) is 0. The summed E-state index contributed by atoms with van der Waals surface area (Å²) in [5.74, 6) is 0. The Morgan fingerprint density at radius 1 is 0.600 bits per heavy atom. The zero-order valence-corrected chi connectivity index (χ0v) is 9.47. The molecule has 0 radical (unpaired) electrons. The minimum absolute atomic E-state index is 0. The molecule has 0 nitrogen and oxygen atoms in total. The van der Waals surface area contributed by atoms with E-state index in [1.165, 1.54) is 0 Å². The second kappa shape index (κ2) is 22.6. The van der Waals surface area contributed by atoms with E-state index in [4.69, 9.17) is 0 Å². The van der Waals surface area contributed by atoms with Crippen LogP contribution in [0.5, 0.6) is 0 Å². The van der Waals surface area contributed by atoms with Gasteiger partial charge in [0.05, 0.1) is 0 Å². The third kappa shape index (κ3) is 17.7. The molecule has 0 rings (SSSR count). The first-order valence-electron chi connectivity index (χ1n) is 0. The number of rotatable bonds is 0. The summed E-state index contributed by atoms with van der Waals surface area (Å²) in [4.78, 5) is 0. The summed E-state index contributed by atoms with van der Waals surface area (Å²) < 4.78 is 0. The fourth-order valence-electron chi connectivity index (χ4n) is 0. The fourth-order valence-corrected chi connectivity index (χ4v) is 0. The van der Waals surface area contributed by atoms with Crippen LogP contribution in [0.25, 0.3) is 0 Å². The van der Waals surface area contributed by atoms with E-state index in [9.17, 15) is 0 Å². The van der Waals surface area contributed by atoms with Crippen molar-refractivity contribution >= 4 is 72.6 Å². The topological polar surface area (TPSA) is 0 Å². The summed E-state index contributed by atoms with van der Waals surface area (Å²) in [6.45, 7) is 0. The summed E-state index contributed by atoms with van der Waals surface area (Å²) in [7, 11) is 0. The van der Waals surface area contributed by atoms with Crippen LogP contribution >= 0.6 is 0 Å². The van der Waals surface area contributed by atoms with Crippen molar-refractivity contribution in [3.63, 3.8) is 0 Å². The van der Waals surface area contributed by atoms with Crippen molar-refractivity contribution in [2.45, 2.75) is 0 Å². The molecule has 0 aromatic heterocycles. The molecule has 0 spiro atoms. The van der Waals surface area contributed by atoms with Gasteiger partial charge >= 0.3 is 162 Å². The van der Waals surface area contributed by atoms with Crippen molar-refractivity contribution < 1.29 is 103 Å². The molecule has 0 saturated carbocycles. The van der Waals surface area contributed by atoms with Crippen molar-refractivity contribution in [3.05, 3.63) is 0 Å². The Kier molecular flexibility index (Phi) is 141. The van der Waals surface area contributed by atoms with Crippen molar-refractivity contribution in [1.82, 2.24) is 0 Å². The first-order chi connectivity index (χ1) is 0. The quantitative estimate of drug-likeness (QED) is 0.307. The SMILES string of the molecule is [K+].[K+].[NaH].[NaH].[S-2]. The van der Waals surface area contributed by atoms with Gasteiger partial charge in [-0.15, -0.1) is 0 Å². The first kappa shape index (κ1) is 31.1. The standard InChI is InChI=1S/2K.2Na.S.2H/q2*+1;;;-2;;. The summed E-state index contributed by atoms with van der Waals surface area (Å²) in [6, 6.07) is 0. The molecule has 0 atom stereocenters. The molecule has 0 aliphatic heterocycles. The van der Waals surface area contributed by atoms with Crippen molar-refractivity contribution in [1.29, 1.82) is 0 Å². The maximum atomic E-state index is 0. The molecule has 0 aliphatic carbocycles. The Morgan fingerprint density at radius 3 is 0.600 bits per heavy atom. The fraction of sp³-hybridized carbons (Fsp3) is 0. The van der Waals surface area contributed by atoms with Crippen molar-refractivity contribution in [2.75, 3.05) is 0 Å². The number of hydrogen-bond donors (Lipinski definition) is 0. The minimum Gasteiger partial charge on any atom is -2.00 e. The Bertz CT molecular complexity index is 7.61. The predicted octanol–water partition coefficient (Wildman–Crippen LogP) is -7.29. The molecular formula is H2K2Na2S. The molecule has 5 heteroatoms. The smallest absolute Gasteiger partial charge is 2.00 e. The third-order valence-electron chi connectivity index (χ3n) is 0. The maximum absolute atomic E-state index is 0. The van der Waals surface area contributed by atoms with Crippen LogP contribution in [0.4, 0.5) is 0 Å². The number of hydrogen-bond acceptors (Lipinski definition) is 0. The van der Waals surface area contributed by atoms with E-state index in [-0.39, 0.29) is 175 Å². The minimum atomic E-state index is 0. The van der Waals surface area contributed by atoms with Gasteiger partial charge in [0, 0.05) is 0 Å². The maximum Gasteiger partial charge on any atom is -2.00 e. The molecule has 0 unspecified atom stereocenters. The van der Waals surface area contributed by atoms with E-state index in [0.717, 1.165) is 0 Å². The average Bonchev–Trinajstić information content (AvgIpc) is 0. The monoisotopic (exact) mass is 158 g/mol. The van der Waals surface area contributed by atoms with Crippen LogP contribution in [0.3, 0.4) is 0 Å². The van der Waals surface area contributed by atoms with Crippen LogP contribution in [-0.4, -0.2) is 59.1 Å². The van der Waals surface area contributed by atoms with E-state index < -0.39 is 0 Å². The van der Waals surface area contributed by atoms with E-state index >= 15 is 0 Å². The van der Waals surface area contributed by atoms with Gasteiger partial charge in [0.25, 0.3) is 0 Å². The molecule has 5 heavy (non-hydrogen) atoms. The van der Waals surface area contributed by atoms with Gasteiger partial charge in [0.1, 0.15) is 0 Å². The summed E-state index contributed by atoms with van der Waals surface area (Å²) in [6.07, 6.45) is 0. The molecular weight excluding hydrogens is 156 g/mol. The summed E-state index contributed by atoms with van der Waals surface area (Å²) >= 11 is 0. The zero-order chi connectivity index (χ0) is 0. The second-order valence-corrected chi connectivity index (χ2v) is 0. The largest absolute Gasteiger partial charge is 2.00 e. The molecule has 0 aromatic carbocycles. The van der Waals surface area contributed by atoms with Gasteiger partial charge in [-0.3, -0.25) is 0 Å². The van der Waals surface area contributed by atoms with Crippen LogP contribution < -0.4 is 103 Å². The molecule has 0 amide bonds. The molecule has 12 valence electrons. The van der Waals surface area contributed by atoms with E-state index in [2.05, 4.69) is 0 Å². The molecule has 0 heterocycles. The molecule has 0 bridgehead atoms. The zero-order valence-electron chi connectivity index (χ0n) is 2.41. The third-order valence-corrected chi connectivity index (χ3v) is 0. The Balaban J connectivity index is 0. The van der Waals surface area contributed by atoms with Crippen LogP contribution in [0.1, 0.15) is 0 Å². The summed E-state index contributed by atoms with van der Waals surface area (Å²) in [5, 5.41) is 0. The van der Waals surface area contributed by atoms with Crippen molar-refractivity contribution in [3.8, 4) is 0 Å². The van der Waals surface area contributed by atoms with Gasteiger partial charge in [0.2, 0.25) is 0 Å². The van der Waals surface area contributed by atoms with Crippen LogP contribution in [0.15, 0.2) is 0 Å². The Morgan fingerprint density at radius 2 is 0.600 bits per heavy atom. The van der Waals surface area contributed by atoms with Crippen LogP contribution in [-0.2, 0) is 13.5 Å². The van der Waals surface area contributed by atoms with Crippen LogP contribution in [0.2, 0.25) is 0 Å². The van der Waals surface area contributed by atoms with Gasteiger partial charge in [-0.05, 0) is 0 Å². The Hall–Kier alpha value is 5.62. The van der Waals surface area contributed by atoms with Gasteiger partial charge in [0.15, 0.2) is 0 Å². The van der Waals surface area contributed by atoms with Gasteiger partial charge in [-0.1, -0.05) is 0 Å². The average molecular weight is 158 g/mol. The molecule has 0 N–H and O–H groups in total. The van der Waals surface area contributed by atoms with E-state index in [1.54, 1.807) is 0 Å².